The van der Waals surface area contributed by atoms with Gasteiger partial charge in [-0.25, -0.2) is 4.99 Å². The molecule has 0 atom stereocenters. The van der Waals surface area contributed by atoms with Crippen LogP contribution in [0.2, 0.25) is 5.02 Å². The summed E-state index contributed by atoms with van der Waals surface area (Å²) < 4.78 is 37.8. The van der Waals surface area contributed by atoms with Crippen LogP contribution in [0.4, 0.5) is 18.9 Å². The molecule has 0 N–H and O–H groups in total. The Bertz CT molecular complexity index is 508. The van der Waals surface area contributed by atoms with E-state index >= 15 is 0 Å². The summed E-state index contributed by atoms with van der Waals surface area (Å²) in [7, 11) is 0. The molecular formula is C15H17ClF3NS. The van der Waals surface area contributed by atoms with Crippen LogP contribution >= 0.6 is 24.2 Å². The highest BCUT2D eigenvalue weighted by molar-refractivity contribution is 7.97. The largest absolute Gasteiger partial charge is 0.391 e. The standard InChI is InChI=1S/C15H17ClF3NS/c16-12-2-1-3-13(9-12)20-14(21)8-10-4-6-11(7-5-10)15(17,18)19/h1-3,9-11H,4-8H2,(H,20,21)/t10-,11+. The first-order chi connectivity index (χ1) is 9.84. The van der Waals surface area contributed by atoms with Crippen LogP contribution in [0, 0.1) is 11.8 Å². The molecule has 6 heteroatoms. The van der Waals surface area contributed by atoms with Gasteiger partial charge in [0.15, 0.2) is 0 Å². The Kier molecular flexibility index (Phi) is 5.60. The van der Waals surface area contributed by atoms with Crippen molar-refractivity contribution in [3.8, 4) is 0 Å². The Labute approximate surface area is 133 Å². The zero-order valence-electron chi connectivity index (χ0n) is 11.4. The molecule has 0 saturated heterocycles. The number of nitrogens with zero attached hydrogens (tertiary/aromatic N) is 1. The van der Waals surface area contributed by atoms with Crippen molar-refractivity contribution in [3.63, 3.8) is 0 Å². The van der Waals surface area contributed by atoms with Crippen LogP contribution < -0.4 is 0 Å². The quantitative estimate of drug-likeness (QED) is 0.391. The predicted octanol–water partition coefficient (Wildman–Crippen LogP) is 6.06. The molecule has 0 amide bonds. The number of aliphatic imine (C=N–C) groups is 1. The van der Waals surface area contributed by atoms with Crippen LogP contribution in [-0.4, -0.2) is 11.2 Å². The zero-order chi connectivity index (χ0) is 15.5. The molecular weight excluding hydrogens is 319 g/mol. The fraction of sp³-hybridized carbons (Fsp3) is 0.533. The van der Waals surface area contributed by atoms with Crippen LogP contribution in [0.25, 0.3) is 0 Å². The highest BCUT2D eigenvalue weighted by atomic mass is 35.5. The van der Waals surface area contributed by atoms with E-state index in [1.807, 2.05) is 6.07 Å². The van der Waals surface area contributed by atoms with Gasteiger partial charge in [0.05, 0.1) is 16.6 Å². The Morgan fingerprint density at radius 3 is 2.48 bits per heavy atom. The van der Waals surface area contributed by atoms with Gasteiger partial charge in [0.1, 0.15) is 0 Å². The minimum absolute atomic E-state index is 0.215. The van der Waals surface area contributed by atoms with E-state index in [4.69, 9.17) is 11.6 Å². The highest BCUT2D eigenvalue weighted by Crippen LogP contribution is 2.40. The Hall–Kier alpha value is -0.680. The third kappa shape index (κ3) is 5.22. The molecule has 0 unspecified atom stereocenters. The SMILES string of the molecule is FC(F)(F)[C@H]1CC[C@@H](CC(S)=Nc2cccc(Cl)c2)CC1. The third-order valence-corrected chi connectivity index (χ3v) is 4.36. The molecule has 0 spiro atoms. The van der Waals surface area contributed by atoms with E-state index in [2.05, 4.69) is 17.6 Å². The lowest BCUT2D eigenvalue weighted by molar-refractivity contribution is -0.183. The lowest BCUT2D eigenvalue weighted by Gasteiger charge is -2.29. The third-order valence-electron chi connectivity index (χ3n) is 3.85. The van der Waals surface area contributed by atoms with Gasteiger partial charge in [0.2, 0.25) is 0 Å². The van der Waals surface area contributed by atoms with Gasteiger partial charge in [-0.3, -0.25) is 0 Å². The number of benzene rings is 1. The second-order valence-corrected chi connectivity index (χ2v) is 6.42. The molecule has 21 heavy (non-hydrogen) atoms. The van der Waals surface area contributed by atoms with Gasteiger partial charge in [-0.2, -0.15) is 13.2 Å². The van der Waals surface area contributed by atoms with Gasteiger partial charge in [0, 0.05) is 5.02 Å². The summed E-state index contributed by atoms with van der Waals surface area (Å²) in [6.45, 7) is 0. The molecule has 116 valence electrons. The molecule has 1 saturated carbocycles. The van der Waals surface area contributed by atoms with Gasteiger partial charge >= 0.3 is 6.18 Å². The van der Waals surface area contributed by atoms with Gasteiger partial charge in [-0.05, 0) is 56.2 Å². The van der Waals surface area contributed by atoms with Crippen molar-refractivity contribution < 1.29 is 13.2 Å². The number of hydrogen-bond acceptors (Lipinski definition) is 1. The van der Waals surface area contributed by atoms with Crippen LogP contribution in [0.3, 0.4) is 0 Å². The first kappa shape index (κ1) is 16.7. The Morgan fingerprint density at radius 2 is 1.90 bits per heavy atom. The van der Waals surface area contributed by atoms with E-state index in [0.29, 0.717) is 29.3 Å². The fourth-order valence-electron chi connectivity index (χ4n) is 2.69. The van der Waals surface area contributed by atoms with Crippen LogP contribution in [0.15, 0.2) is 29.3 Å². The minimum atomic E-state index is -4.05. The Balaban J connectivity index is 1.88. The van der Waals surface area contributed by atoms with Gasteiger partial charge in [-0.15, -0.1) is 12.6 Å². The van der Waals surface area contributed by atoms with Crippen molar-refractivity contribution in [2.75, 3.05) is 0 Å². The molecule has 1 fully saturated rings. The van der Waals surface area contributed by atoms with E-state index < -0.39 is 12.1 Å². The minimum Gasteiger partial charge on any atom is -0.247 e. The summed E-state index contributed by atoms with van der Waals surface area (Å²) in [6, 6.07) is 7.12. The van der Waals surface area contributed by atoms with Crippen LogP contribution in [0.1, 0.15) is 32.1 Å². The molecule has 1 aromatic rings. The maximum Gasteiger partial charge on any atom is 0.391 e. The molecule has 1 aromatic carbocycles. The summed E-state index contributed by atoms with van der Waals surface area (Å²) in [5.41, 5.74) is 0.719. The van der Waals surface area contributed by atoms with E-state index in [1.54, 1.807) is 18.2 Å². The van der Waals surface area contributed by atoms with E-state index in [9.17, 15) is 13.2 Å². The van der Waals surface area contributed by atoms with Crippen LogP contribution in [-0.2, 0) is 0 Å². The topological polar surface area (TPSA) is 12.4 Å². The summed E-state index contributed by atoms with van der Waals surface area (Å²) in [5, 5.41) is 1.25. The van der Waals surface area contributed by atoms with Crippen molar-refractivity contribution in [1.29, 1.82) is 0 Å². The van der Waals surface area contributed by atoms with E-state index in [-0.39, 0.29) is 18.8 Å². The maximum atomic E-state index is 12.6. The molecule has 1 aliphatic carbocycles. The lowest BCUT2D eigenvalue weighted by Crippen LogP contribution is -2.28. The highest BCUT2D eigenvalue weighted by Gasteiger charge is 2.41. The van der Waals surface area contributed by atoms with Gasteiger partial charge in [0.25, 0.3) is 0 Å². The van der Waals surface area contributed by atoms with Crippen molar-refractivity contribution >= 4 is 35.0 Å². The average Bonchev–Trinajstić information content (AvgIpc) is 2.38. The fourth-order valence-corrected chi connectivity index (χ4v) is 3.25. The smallest absolute Gasteiger partial charge is 0.247 e. The average molecular weight is 336 g/mol. The van der Waals surface area contributed by atoms with Gasteiger partial charge in [-0.1, -0.05) is 17.7 Å². The molecule has 1 nitrogen and oxygen atoms in total. The van der Waals surface area contributed by atoms with Gasteiger partial charge < -0.3 is 0 Å². The number of halogens is 4. The van der Waals surface area contributed by atoms with Crippen molar-refractivity contribution in [2.24, 2.45) is 16.8 Å². The number of hydrogen-bond donors (Lipinski definition) is 1. The molecule has 0 radical (unpaired) electrons. The summed E-state index contributed by atoms with van der Waals surface area (Å²) in [6.07, 6.45) is -1.83. The van der Waals surface area contributed by atoms with E-state index in [1.165, 1.54) is 0 Å². The van der Waals surface area contributed by atoms with Crippen molar-refractivity contribution in [3.05, 3.63) is 29.3 Å². The molecule has 0 aromatic heterocycles. The number of rotatable bonds is 3. The second kappa shape index (κ2) is 7.05. The summed E-state index contributed by atoms with van der Waals surface area (Å²) >= 11 is 10.2. The number of thiol groups is 1. The van der Waals surface area contributed by atoms with Crippen LogP contribution in [0.5, 0.6) is 0 Å². The molecule has 1 aliphatic rings. The predicted molar refractivity (Wildman–Crippen MR) is 83.7 cm³/mol. The lowest BCUT2D eigenvalue weighted by atomic mass is 9.80. The first-order valence-corrected chi connectivity index (χ1v) is 7.76. The Morgan fingerprint density at radius 1 is 1.24 bits per heavy atom. The zero-order valence-corrected chi connectivity index (χ0v) is 13.1. The van der Waals surface area contributed by atoms with Crippen molar-refractivity contribution in [1.82, 2.24) is 0 Å². The molecule has 0 bridgehead atoms. The first-order valence-electron chi connectivity index (χ1n) is 6.93. The molecule has 2 rings (SSSR count). The normalized spacial score (nSPS) is 24.1. The second-order valence-electron chi connectivity index (χ2n) is 5.47. The summed E-state index contributed by atoms with van der Waals surface area (Å²) in [4.78, 5) is 4.36. The molecule has 0 aliphatic heterocycles. The summed E-state index contributed by atoms with van der Waals surface area (Å²) in [5.74, 6) is -0.902. The number of alkyl halides is 3. The van der Waals surface area contributed by atoms with E-state index in [0.717, 1.165) is 5.69 Å². The van der Waals surface area contributed by atoms with Crippen molar-refractivity contribution in [2.45, 2.75) is 38.3 Å². The monoisotopic (exact) mass is 335 g/mol. The molecule has 0 heterocycles. The maximum absolute atomic E-state index is 12.6.